The lowest BCUT2D eigenvalue weighted by atomic mass is 10.1. The predicted octanol–water partition coefficient (Wildman–Crippen LogP) is 5.46. The molecule has 0 radical (unpaired) electrons. The summed E-state index contributed by atoms with van der Waals surface area (Å²) in [6, 6.07) is 15.5. The fraction of sp³-hybridized carbons (Fsp3) is 0.367. The number of thiophene rings is 1. The van der Waals surface area contributed by atoms with Crippen LogP contribution >= 0.6 is 11.3 Å². The van der Waals surface area contributed by atoms with Crippen molar-refractivity contribution in [2.75, 3.05) is 39.2 Å². The lowest BCUT2D eigenvalue weighted by molar-refractivity contribution is -0.132. The Morgan fingerprint density at radius 2 is 1.70 bits per heavy atom. The van der Waals surface area contributed by atoms with Gasteiger partial charge < -0.3 is 29.3 Å². The minimum atomic E-state index is -0.423. The number of amides is 3. The van der Waals surface area contributed by atoms with Gasteiger partial charge in [-0.25, -0.2) is 9.59 Å². The Morgan fingerprint density at radius 1 is 0.975 bits per heavy atom. The number of methoxy groups -OCH3 is 2. The van der Waals surface area contributed by atoms with Crippen LogP contribution in [0.15, 0.2) is 60.0 Å². The quantitative estimate of drug-likeness (QED) is 0.276. The van der Waals surface area contributed by atoms with Gasteiger partial charge in [-0.2, -0.15) is 0 Å². The molecule has 214 valence electrons. The zero-order valence-electron chi connectivity index (χ0n) is 23.6. The van der Waals surface area contributed by atoms with Gasteiger partial charge >= 0.3 is 12.0 Å². The number of urea groups is 1. The third-order valence-corrected chi connectivity index (χ3v) is 7.10. The van der Waals surface area contributed by atoms with Crippen LogP contribution in [0.25, 0.3) is 0 Å². The Kier molecular flexibility index (Phi) is 11.4. The zero-order valence-corrected chi connectivity index (χ0v) is 24.5. The Bertz CT molecular complexity index is 1260. The fourth-order valence-electron chi connectivity index (χ4n) is 4.02. The number of esters is 1. The molecule has 10 heteroatoms. The largest absolute Gasteiger partial charge is 0.493 e. The molecule has 3 amide bonds. The van der Waals surface area contributed by atoms with Gasteiger partial charge in [0.1, 0.15) is 6.54 Å². The van der Waals surface area contributed by atoms with Gasteiger partial charge in [-0.1, -0.05) is 12.1 Å². The maximum absolute atomic E-state index is 13.6. The molecule has 0 atom stereocenters. The number of carbonyl (C=O) groups excluding carboxylic acids is 3. The first kappa shape index (κ1) is 30.5. The highest BCUT2D eigenvalue weighted by atomic mass is 32.1. The van der Waals surface area contributed by atoms with E-state index >= 15 is 0 Å². The number of rotatable bonds is 13. The predicted molar refractivity (Wildman–Crippen MR) is 156 cm³/mol. The summed E-state index contributed by atoms with van der Waals surface area (Å²) in [7, 11) is 3.18. The summed E-state index contributed by atoms with van der Waals surface area (Å²) >= 11 is 1.58. The molecule has 1 aromatic heterocycles. The van der Waals surface area contributed by atoms with Crippen LogP contribution in [0.1, 0.15) is 41.6 Å². The second kappa shape index (κ2) is 14.9. The number of benzene rings is 2. The molecule has 0 bridgehead atoms. The molecule has 1 heterocycles. The maximum atomic E-state index is 13.6. The second-order valence-corrected chi connectivity index (χ2v) is 10.3. The van der Waals surface area contributed by atoms with Crippen LogP contribution in [-0.4, -0.2) is 67.7 Å². The summed E-state index contributed by atoms with van der Waals surface area (Å²) < 4.78 is 15.8. The normalized spacial score (nSPS) is 10.7. The Balaban J connectivity index is 1.70. The number of carbonyl (C=O) groups is 3. The fourth-order valence-corrected chi connectivity index (χ4v) is 4.74. The van der Waals surface area contributed by atoms with E-state index in [1.807, 2.05) is 49.6 Å². The summed E-state index contributed by atoms with van der Waals surface area (Å²) in [6.07, 6.45) is 0.609. The topological polar surface area (TPSA) is 97.4 Å². The van der Waals surface area contributed by atoms with Crippen molar-refractivity contribution in [2.24, 2.45) is 0 Å². The van der Waals surface area contributed by atoms with Crippen LogP contribution in [0.5, 0.6) is 11.5 Å². The van der Waals surface area contributed by atoms with Gasteiger partial charge in [0.05, 0.1) is 32.9 Å². The average molecular weight is 568 g/mol. The first-order valence-electron chi connectivity index (χ1n) is 13.1. The maximum Gasteiger partial charge on any atom is 0.338 e. The van der Waals surface area contributed by atoms with Crippen LogP contribution < -0.4 is 14.8 Å². The van der Waals surface area contributed by atoms with Crippen molar-refractivity contribution in [3.63, 3.8) is 0 Å². The molecule has 0 saturated carbocycles. The van der Waals surface area contributed by atoms with Crippen molar-refractivity contribution in [1.29, 1.82) is 0 Å². The molecule has 3 rings (SSSR count). The van der Waals surface area contributed by atoms with Crippen molar-refractivity contribution in [3.05, 3.63) is 76.0 Å². The van der Waals surface area contributed by atoms with Crippen molar-refractivity contribution in [3.8, 4) is 11.5 Å². The summed E-state index contributed by atoms with van der Waals surface area (Å²) in [5.74, 6) is 0.699. The number of hydrogen-bond acceptors (Lipinski definition) is 7. The molecular weight excluding hydrogens is 530 g/mol. The molecule has 40 heavy (non-hydrogen) atoms. The van der Waals surface area contributed by atoms with Crippen molar-refractivity contribution < 1.29 is 28.6 Å². The van der Waals surface area contributed by atoms with Crippen LogP contribution in [0.4, 0.5) is 10.5 Å². The summed E-state index contributed by atoms with van der Waals surface area (Å²) in [6.45, 7) is 6.59. The third-order valence-electron chi connectivity index (χ3n) is 6.23. The Labute approximate surface area is 239 Å². The average Bonchev–Trinajstić information content (AvgIpc) is 3.47. The van der Waals surface area contributed by atoms with Crippen LogP contribution in [0.2, 0.25) is 0 Å². The van der Waals surface area contributed by atoms with Crippen LogP contribution in [0.3, 0.4) is 0 Å². The van der Waals surface area contributed by atoms with E-state index in [2.05, 4.69) is 5.32 Å². The second-order valence-electron chi connectivity index (χ2n) is 9.28. The van der Waals surface area contributed by atoms with Crippen molar-refractivity contribution in [1.82, 2.24) is 9.80 Å². The summed E-state index contributed by atoms with van der Waals surface area (Å²) in [4.78, 5) is 43.0. The lowest BCUT2D eigenvalue weighted by Crippen LogP contribution is -2.47. The van der Waals surface area contributed by atoms with Crippen molar-refractivity contribution in [2.45, 2.75) is 39.8 Å². The molecule has 0 aliphatic carbocycles. The molecule has 0 saturated heterocycles. The summed E-state index contributed by atoms with van der Waals surface area (Å²) in [5, 5.41) is 4.81. The molecule has 2 aromatic carbocycles. The third kappa shape index (κ3) is 8.47. The van der Waals surface area contributed by atoms with E-state index in [0.29, 0.717) is 42.3 Å². The van der Waals surface area contributed by atoms with Crippen LogP contribution in [-0.2, 0) is 22.5 Å². The Morgan fingerprint density at radius 3 is 2.30 bits per heavy atom. The number of hydrogen-bond donors (Lipinski definition) is 1. The number of nitrogens with one attached hydrogen (secondary N) is 1. The lowest BCUT2D eigenvalue weighted by Gasteiger charge is -2.30. The number of anilines is 1. The van der Waals surface area contributed by atoms with Gasteiger partial charge in [-0.15, -0.1) is 11.3 Å². The monoisotopic (exact) mass is 567 g/mol. The highest BCUT2D eigenvalue weighted by Crippen LogP contribution is 2.28. The van der Waals surface area contributed by atoms with E-state index in [1.165, 1.54) is 4.90 Å². The molecular formula is C30H37N3O6S. The molecule has 0 fully saturated rings. The molecule has 1 N–H and O–H groups in total. The minimum absolute atomic E-state index is 0.0816. The summed E-state index contributed by atoms with van der Waals surface area (Å²) in [5.41, 5.74) is 1.92. The van der Waals surface area contributed by atoms with Gasteiger partial charge in [-0.05, 0) is 80.6 Å². The van der Waals surface area contributed by atoms with Gasteiger partial charge in [0.15, 0.2) is 11.5 Å². The van der Waals surface area contributed by atoms with Gasteiger partial charge in [0.25, 0.3) is 0 Å². The molecule has 9 nitrogen and oxygen atoms in total. The van der Waals surface area contributed by atoms with Gasteiger partial charge in [0, 0.05) is 23.2 Å². The molecule has 0 unspecified atom stereocenters. The standard InChI is InChI=1S/C30H37N3O6S/c1-6-39-29(35)23-10-12-24(13-11-23)31-30(36)33(21(2)3)20-28(34)32(19-25-8-7-17-40-25)16-15-22-9-14-26(37-4)27(18-22)38-5/h7-14,17-18,21H,6,15-16,19-20H2,1-5H3,(H,31,36). The molecule has 0 spiro atoms. The van der Waals surface area contributed by atoms with Gasteiger partial charge in [0.2, 0.25) is 5.91 Å². The smallest absolute Gasteiger partial charge is 0.338 e. The van der Waals surface area contributed by atoms with Gasteiger partial charge in [-0.3, -0.25) is 4.79 Å². The van der Waals surface area contributed by atoms with Crippen LogP contribution in [0, 0.1) is 0 Å². The highest BCUT2D eigenvalue weighted by molar-refractivity contribution is 7.09. The van der Waals surface area contributed by atoms with E-state index in [-0.39, 0.29) is 25.1 Å². The number of nitrogens with zero attached hydrogens (tertiary/aromatic N) is 2. The number of ether oxygens (including phenoxy) is 3. The van der Waals surface area contributed by atoms with E-state index in [1.54, 1.807) is 61.6 Å². The van der Waals surface area contributed by atoms with E-state index in [4.69, 9.17) is 14.2 Å². The first-order valence-corrected chi connectivity index (χ1v) is 14.0. The van der Waals surface area contributed by atoms with E-state index in [9.17, 15) is 14.4 Å². The minimum Gasteiger partial charge on any atom is -0.493 e. The molecule has 0 aliphatic heterocycles. The molecule has 3 aromatic rings. The van der Waals surface area contributed by atoms with Crippen molar-refractivity contribution >= 4 is 34.9 Å². The SMILES string of the molecule is CCOC(=O)c1ccc(NC(=O)N(CC(=O)N(CCc2ccc(OC)c(OC)c2)Cc2cccs2)C(C)C)cc1. The molecule has 0 aliphatic rings. The first-order chi connectivity index (χ1) is 19.2. The van der Waals surface area contributed by atoms with E-state index in [0.717, 1.165) is 10.4 Å². The highest BCUT2D eigenvalue weighted by Gasteiger charge is 2.24. The van der Waals surface area contributed by atoms with E-state index < -0.39 is 12.0 Å². The Hall–Kier alpha value is -4.05. The zero-order chi connectivity index (χ0) is 29.1.